The number of carbonyl (C=O) groups excluding carboxylic acids is 1. The molecule has 0 N–H and O–H groups in total. The van der Waals surface area contributed by atoms with Crippen molar-refractivity contribution in [1.82, 2.24) is 4.57 Å². The highest BCUT2D eigenvalue weighted by molar-refractivity contribution is 9.10. The van der Waals surface area contributed by atoms with Gasteiger partial charge in [-0.2, -0.15) is 0 Å². The molecule has 2 aromatic rings. The summed E-state index contributed by atoms with van der Waals surface area (Å²) in [5.74, 6) is 0. The lowest BCUT2D eigenvalue weighted by Crippen LogP contribution is -1.98. The summed E-state index contributed by atoms with van der Waals surface area (Å²) in [6, 6.07) is 9.69. The van der Waals surface area contributed by atoms with Crippen molar-refractivity contribution < 1.29 is 4.79 Å². The van der Waals surface area contributed by atoms with Crippen LogP contribution in [0.3, 0.4) is 0 Å². The van der Waals surface area contributed by atoms with E-state index in [0.29, 0.717) is 5.69 Å². The Labute approximate surface area is 96.7 Å². The van der Waals surface area contributed by atoms with E-state index in [1.807, 2.05) is 42.0 Å². The van der Waals surface area contributed by atoms with Gasteiger partial charge in [-0.15, -0.1) is 0 Å². The predicted octanol–water partition coefficient (Wildman–Crippen LogP) is 3.36. The fraction of sp³-hybridized carbons (Fsp3) is 0.0833. The van der Waals surface area contributed by atoms with Crippen LogP contribution in [-0.2, 0) is 0 Å². The SMILES string of the molecule is Cc1ccc(-n2cccc2C=O)c(Br)c1. The third-order valence-electron chi connectivity index (χ3n) is 2.26. The molecule has 0 fully saturated rings. The lowest BCUT2D eigenvalue weighted by molar-refractivity contribution is 0.111. The van der Waals surface area contributed by atoms with E-state index in [2.05, 4.69) is 15.9 Å². The highest BCUT2D eigenvalue weighted by Crippen LogP contribution is 2.23. The maximum absolute atomic E-state index is 10.8. The molecule has 3 heteroatoms. The van der Waals surface area contributed by atoms with E-state index in [0.717, 1.165) is 16.4 Å². The molecule has 0 aliphatic rings. The molecule has 0 aliphatic heterocycles. The minimum Gasteiger partial charge on any atom is -0.313 e. The maximum Gasteiger partial charge on any atom is 0.166 e. The molecule has 15 heavy (non-hydrogen) atoms. The first kappa shape index (κ1) is 10.2. The van der Waals surface area contributed by atoms with E-state index in [4.69, 9.17) is 0 Å². The Morgan fingerprint density at radius 1 is 1.33 bits per heavy atom. The third kappa shape index (κ3) is 1.88. The number of halogens is 1. The largest absolute Gasteiger partial charge is 0.313 e. The zero-order chi connectivity index (χ0) is 10.8. The van der Waals surface area contributed by atoms with E-state index >= 15 is 0 Å². The van der Waals surface area contributed by atoms with E-state index in [9.17, 15) is 4.79 Å². The fourth-order valence-corrected chi connectivity index (χ4v) is 2.20. The molecule has 1 heterocycles. The Hall–Kier alpha value is -1.35. The molecule has 0 aliphatic carbocycles. The van der Waals surface area contributed by atoms with Gasteiger partial charge in [0.05, 0.1) is 11.4 Å². The Kier molecular flexibility index (Phi) is 2.73. The van der Waals surface area contributed by atoms with E-state index in [1.165, 1.54) is 5.56 Å². The lowest BCUT2D eigenvalue weighted by Gasteiger charge is -2.08. The van der Waals surface area contributed by atoms with Gasteiger partial charge in [0.2, 0.25) is 0 Å². The zero-order valence-electron chi connectivity index (χ0n) is 8.27. The van der Waals surface area contributed by atoms with Gasteiger partial charge < -0.3 is 4.57 Å². The van der Waals surface area contributed by atoms with Gasteiger partial charge in [-0.1, -0.05) is 6.07 Å². The quantitative estimate of drug-likeness (QED) is 0.762. The van der Waals surface area contributed by atoms with Crippen LogP contribution in [0.15, 0.2) is 41.0 Å². The van der Waals surface area contributed by atoms with Crippen molar-refractivity contribution in [3.63, 3.8) is 0 Å². The van der Waals surface area contributed by atoms with Gasteiger partial charge in [0.25, 0.3) is 0 Å². The second-order valence-electron chi connectivity index (χ2n) is 3.38. The summed E-state index contributed by atoms with van der Waals surface area (Å²) in [6.07, 6.45) is 2.73. The van der Waals surface area contributed by atoms with Gasteiger partial charge in [0, 0.05) is 10.7 Å². The molecule has 1 aromatic heterocycles. The first-order chi connectivity index (χ1) is 7.22. The minimum atomic E-state index is 0.652. The standard InChI is InChI=1S/C12H10BrNO/c1-9-4-5-12(11(13)7-9)14-6-2-3-10(14)8-15/h2-8H,1H3. The van der Waals surface area contributed by atoms with Crippen molar-refractivity contribution in [3.05, 3.63) is 52.3 Å². The summed E-state index contributed by atoms with van der Waals surface area (Å²) in [5.41, 5.74) is 2.82. The topological polar surface area (TPSA) is 22.0 Å². The second-order valence-corrected chi connectivity index (χ2v) is 4.23. The van der Waals surface area contributed by atoms with Crippen LogP contribution in [0.5, 0.6) is 0 Å². The van der Waals surface area contributed by atoms with E-state index in [1.54, 1.807) is 6.07 Å². The molecule has 0 radical (unpaired) electrons. The molecule has 0 bridgehead atoms. The molecular formula is C12H10BrNO. The highest BCUT2D eigenvalue weighted by Gasteiger charge is 2.05. The van der Waals surface area contributed by atoms with Crippen molar-refractivity contribution in [2.45, 2.75) is 6.92 Å². The number of hydrogen-bond donors (Lipinski definition) is 0. The van der Waals surface area contributed by atoms with Gasteiger partial charge in [0.1, 0.15) is 0 Å². The van der Waals surface area contributed by atoms with Crippen LogP contribution in [0.4, 0.5) is 0 Å². The molecule has 0 saturated heterocycles. The molecule has 0 saturated carbocycles. The summed E-state index contributed by atoms with van der Waals surface area (Å²) < 4.78 is 2.85. The molecule has 0 amide bonds. The highest BCUT2D eigenvalue weighted by atomic mass is 79.9. The number of benzene rings is 1. The van der Waals surface area contributed by atoms with E-state index < -0.39 is 0 Å². The summed E-state index contributed by atoms with van der Waals surface area (Å²) in [6.45, 7) is 2.03. The molecule has 2 rings (SSSR count). The Balaban J connectivity index is 2.59. The van der Waals surface area contributed by atoms with Gasteiger partial charge in [-0.25, -0.2) is 0 Å². The summed E-state index contributed by atoms with van der Waals surface area (Å²) in [7, 11) is 0. The van der Waals surface area contributed by atoms with Crippen LogP contribution in [0.2, 0.25) is 0 Å². The molecule has 76 valence electrons. The first-order valence-corrected chi connectivity index (χ1v) is 5.41. The summed E-state index contributed by atoms with van der Waals surface area (Å²) >= 11 is 3.50. The third-order valence-corrected chi connectivity index (χ3v) is 2.90. The lowest BCUT2D eigenvalue weighted by atomic mass is 10.2. The number of rotatable bonds is 2. The average Bonchev–Trinajstić information content (AvgIpc) is 2.65. The summed E-state index contributed by atoms with van der Waals surface area (Å²) in [4.78, 5) is 10.8. The Bertz CT molecular complexity index is 502. The first-order valence-electron chi connectivity index (χ1n) is 4.61. The number of hydrogen-bond acceptors (Lipinski definition) is 1. The van der Waals surface area contributed by atoms with Crippen LogP contribution in [0.25, 0.3) is 5.69 Å². The monoisotopic (exact) mass is 263 g/mol. The van der Waals surface area contributed by atoms with Gasteiger partial charge in [-0.3, -0.25) is 4.79 Å². The predicted molar refractivity (Wildman–Crippen MR) is 63.6 cm³/mol. The van der Waals surface area contributed by atoms with Crippen molar-refractivity contribution in [1.29, 1.82) is 0 Å². The molecule has 0 spiro atoms. The number of nitrogens with zero attached hydrogens (tertiary/aromatic N) is 1. The molecule has 2 nitrogen and oxygen atoms in total. The van der Waals surface area contributed by atoms with Gasteiger partial charge in [-0.05, 0) is 52.7 Å². The normalized spacial score (nSPS) is 10.3. The number of aldehydes is 1. The van der Waals surface area contributed by atoms with Crippen LogP contribution < -0.4 is 0 Å². The molecular weight excluding hydrogens is 254 g/mol. The molecule has 0 unspecified atom stereocenters. The van der Waals surface area contributed by atoms with E-state index in [-0.39, 0.29) is 0 Å². The van der Waals surface area contributed by atoms with Crippen LogP contribution >= 0.6 is 15.9 Å². The number of aromatic nitrogens is 1. The van der Waals surface area contributed by atoms with Crippen molar-refractivity contribution in [2.75, 3.05) is 0 Å². The van der Waals surface area contributed by atoms with Crippen molar-refractivity contribution >= 4 is 22.2 Å². The maximum atomic E-state index is 10.8. The Morgan fingerprint density at radius 3 is 2.80 bits per heavy atom. The molecule has 0 atom stereocenters. The number of aryl methyl sites for hydroxylation is 1. The molecule has 1 aromatic carbocycles. The Morgan fingerprint density at radius 2 is 2.13 bits per heavy atom. The summed E-state index contributed by atoms with van der Waals surface area (Å²) in [5, 5.41) is 0. The van der Waals surface area contributed by atoms with Gasteiger partial charge in [0.15, 0.2) is 6.29 Å². The van der Waals surface area contributed by atoms with Gasteiger partial charge >= 0.3 is 0 Å². The average molecular weight is 264 g/mol. The van der Waals surface area contributed by atoms with Crippen molar-refractivity contribution in [3.8, 4) is 5.69 Å². The van der Waals surface area contributed by atoms with Crippen LogP contribution in [0, 0.1) is 6.92 Å². The zero-order valence-corrected chi connectivity index (χ0v) is 9.86. The smallest absolute Gasteiger partial charge is 0.166 e. The minimum absolute atomic E-state index is 0.652. The fourth-order valence-electron chi connectivity index (χ4n) is 1.52. The van der Waals surface area contributed by atoms with Crippen LogP contribution in [0.1, 0.15) is 16.1 Å². The van der Waals surface area contributed by atoms with Crippen molar-refractivity contribution in [2.24, 2.45) is 0 Å². The second kappa shape index (κ2) is 4.03. The number of carbonyl (C=O) groups is 1. The van der Waals surface area contributed by atoms with Crippen LogP contribution in [-0.4, -0.2) is 10.9 Å².